The molecule has 0 saturated carbocycles. The summed E-state index contributed by atoms with van der Waals surface area (Å²) in [4.78, 5) is 13.0. The Hall–Kier alpha value is -2.50. The van der Waals surface area contributed by atoms with Crippen LogP contribution in [0.3, 0.4) is 0 Å². The van der Waals surface area contributed by atoms with E-state index < -0.39 is 0 Å². The van der Waals surface area contributed by atoms with Crippen LogP contribution in [-0.4, -0.2) is 31.7 Å². The van der Waals surface area contributed by atoms with Gasteiger partial charge in [-0.3, -0.25) is 10.1 Å². The smallest absolute Gasteiger partial charge is 0.224 e. The van der Waals surface area contributed by atoms with Crippen LogP contribution >= 0.6 is 0 Å². The van der Waals surface area contributed by atoms with E-state index in [0.29, 0.717) is 12.4 Å². The van der Waals surface area contributed by atoms with Crippen LogP contribution in [0.25, 0.3) is 11.0 Å². The van der Waals surface area contributed by atoms with Crippen molar-refractivity contribution in [3.63, 3.8) is 0 Å². The Morgan fingerprint density at radius 1 is 1.26 bits per heavy atom. The molecule has 0 spiro atoms. The van der Waals surface area contributed by atoms with E-state index >= 15 is 0 Å². The minimum Gasteiger partial charge on any atom is -0.354 e. The fourth-order valence-electron chi connectivity index (χ4n) is 1.96. The average molecular weight is 254 g/mol. The molecule has 3 rings (SSSR count). The van der Waals surface area contributed by atoms with Gasteiger partial charge in [-0.15, -0.1) is 0 Å². The lowest BCUT2D eigenvalue weighted by atomic mass is 10.1. The van der Waals surface area contributed by atoms with Gasteiger partial charge in [0.1, 0.15) is 0 Å². The van der Waals surface area contributed by atoms with Gasteiger partial charge in [0.05, 0.1) is 17.3 Å². The molecule has 6 heteroatoms. The first-order chi connectivity index (χ1) is 9.36. The van der Waals surface area contributed by atoms with E-state index in [1.165, 1.54) is 0 Å². The van der Waals surface area contributed by atoms with Crippen LogP contribution in [0.2, 0.25) is 0 Å². The molecule has 3 heterocycles. The Kier molecular flexibility index (Phi) is 3.06. The maximum Gasteiger partial charge on any atom is 0.224 e. The van der Waals surface area contributed by atoms with Crippen molar-refractivity contribution < 1.29 is 0 Å². The van der Waals surface area contributed by atoms with Crippen LogP contribution in [0.5, 0.6) is 0 Å². The number of aromatic amines is 1. The molecule has 0 aliphatic carbocycles. The molecule has 0 saturated heterocycles. The number of pyridine rings is 1. The summed E-state index contributed by atoms with van der Waals surface area (Å²) in [7, 11) is 0. The van der Waals surface area contributed by atoms with Crippen molar-refractivity contribution in [1.29, 1.82) is 0 Å². The highest BCUT2D eigenvalue weighted by molar-refractivity contribution is 5.78. The molecule has 2 N–H and O–H groups in total. The molecule has 0 aliphatic rings. The zero-order chi connectivity index (χ0) is 13.1. The Balaban J connectivity index is 2.03. The first kappa shape index (κ1) is 11.6. The van der Waals surface area contributed by atoms with Gasteiger partial charge in [-0.05, 0) is 18.6 Å². The Bertz CT molecular complexity index is 676. The maximum absolute atomic E-state index is 4.55. The van der Waals surface area contributed by atoms with E-state index in [0.717, 1.165) is 28.8 Å². The van der Waals surface area contributed by atoms with Crippen LogP contribution < -0.4 is 5.32 Å². The van der Waals surface area contributed by atoms with Crippen molar-refractivity contribution in [2.24, 2.45) is 0 Å². The molecule has 0 radical (unpaired) electrons. The topological polar surface area (TPSA) is 79.4 Å². The summed E-state index contributed by atoms with van der Waals surface area (Å²) in [6.07, 6.45) is 6.09. The standard InChI is InChI=1S/C13H14N6/c1-2-15-13-17-11(6-9-4-3-5-14-7-9)10-8-16-19-12(10)18-13/h3-5,7-8H,2,6H2,1H3,(H2,15,16,17,18,19). The van der Waals surface area contributed by atoms with E-state index in [4.69, 9.17) is 0 Å². The molecule has 0 aliphatic heterocycles. The van der Waals surface area contributed by atoms with Gasteiger partial charge in [-0.25, -0.2) is 4.98 Å². The first-order valence-electron chi connectivity index (χ1n) is 6.19. The van der Waals surface area contributed by atoms with Crippen LogP contribution in [0, 0.1) is 0 Å². The fourth-order valence-corrected chi connectivity index (χ4v) is 1.96. The summed E-state index contributed by atoms with van der Waals surface area (Å²) in [6.45, 7) is 2.80. The Labute approximate surface area is 110 Å². The first-order valence-corrected chi connectivity index (χ1v) is 6.19. The lowest BCUT2D eigenvalue weighted by Gasteiger charge is -2.06. The molecular formula is C13H14N6. The molecular weight excluding hydrogens is 240 g/mol. The second kappa shape index (κ2) is 5.01. The number of nitrogens with zero attached hydrogens (tertiary/aromatic N) is 4. The minimum atomic E-state index is 0.623. The predicted molar refractivity (Wildman–Crippen MR) is 72.9 cm³/mol. The lowest BCUT2D eigenvalue weighted by molar-refractivity contribution is 1.02. The quantitative estimate of drug-likeness (QED) is 0.741. The average Bonchev–Trinajstić information content (AvgIpc) is 2.89. The van der Waals surface area contributed by atoms with Crippen molar-refractivity contribution in [3.8, 4) is 0 Å². The van der Waals surface area contributed by atoms with Crippen molar-refractivity contribution in [2.45, 2.75) is 13.3 Å². The van der Waals surface area contributed by atoms with Gasteiger partial charge in [0.2, 0.25) is 5.95 Å². The molecule has 6 nitrogen and oxygen atoms in total. The van der Waals surface area contributed by atoms with E-state index in [2.05, 4.69) is 30.5 Å². The van der Waals surface area contributed by atoms with E-state index in [-0.39, 0.29) is 0 Å². The third kappa shape index (κ3) is 2.37. The number of hydrogen-bond acceptors (Lipinski definition) is 5. The molecule has 0 atom stereocenters. The monoisotopic (exact) mass is 254 g/mol. The van der Waals surface area contributed by atoms with Crippen molar-refractivity contribution >= 4 is 17.0 Å². The van der Waals surface area contributed by atoms with Gasteiger partial charge in [-0.2, -0.15) is 10.1 Å². The second-order valence-corrected chi connectivity index (χ2v) is 4.19. The van der Waals surface area contributed by atoms with Gasteiger partial charge >= 0.3 is 0 Å². The largest absolute Gasteiger partial charge is 0.354 e. The Morgan fingerprint density at radius 2 is 2.21 bits per heavy atom. The lowest BCUT2D eigenvalue weighted by Crippen LogP contribution is -2.05. The van der Waals surface area contributed by atoms with E-state index in [1.54, 1.807) is 12.4 Å². The van der Waals surface area contributed by atoms with Gasteiger partial charge in [0.25, 0.3) is 0 Å². The third-order valence-electron chi connectivity index (χ3n) is 2.82. The number of anilines is 1. The zero-order valence-corrected chi connectivity index (χ0v) is 10.6. The number of nitrogens with one attached hydrogen (secondary N) is 2. The molecule has 0 fully saturated rings. The molecule has 3 aromatic heterocycles. The van der Waals surface area contributed by atoms with Crippen molar-refractivity contribution in [3.05, 3.63) is 42.0 Å². The summed E-state index contributed by atoms with van der Waals surface area (Å²) in [6, 6.07) is 3.96. The van der Waals surface area contributed by atoms with Gasteiger partial charge in [-0.1, -0.05) is 6.07 Å². The molecule has 0 unspecified atom stereocenters. The molecule has 96 valence electrons. The second-order valence-electron chi connectivity index (χ2n) is 4.19. The van der Waals surface area contributed by atoms with Crippen molar-refractivity contribution in [2.75, 3.05) is 11.9 Å². The van der Waals surface area contributed by atoms with Crippen LogP contribution in [0.4, 0.5) is 5.95 Å². The molecule has 0 amide bonds. The maximum atomic E-state index is 4.55. The number of aromatic nitrogens is 5. The summed E-state index contributed by atoms with van der Waals surface area (Å²) >= 11 is 0. The fraction of sp³-hybridized carbons (Fsp3) is 0.231. The van der Waals surface area contributed by atoms with E-state index in [1.807, 2.05) is 25.3 Å². The van der Waals surface area contributed by atoms with Crippen molar-refractivity contribution in [1.82, 2.24) is 25.1 Å². The minimum absolute atomic E-state index is 0.623. The number of rotatable bonds is 4. The number of hydrogen-bond donors (Lipinski definition) is 2. The van der Waals surface area contributed by atoms with Crippen LogP contribution in [-0.2, 0) is 6.42 Å². The normalized spacial score (nSPS) is 10.8. The van der Waals surface area contributed by atoms with Gasteiger partial charge in [0.15, 0.2) is 5.65 Å². The number of fused-ring (bicyclic) bond motifs is 1. The third-order valence-corrected chi connectivity index (χ3v) is 2.82. The SMILES string of the molecule is CCNc1nc(Cc2cccnc2)c2cn[nH]c2n1. The Morgan fingerprint density at radius 3 is 3.00 bits per heavy atom. The van der Waals surface area contributed by atoms with E-state index in [9.17, 15) is 0 Å². The summed E-state index contributed by atoms with van der Waals surface area (Å²) in [5, 5.41) is 11.0. The molecule has 0 aromatic carbocycles. The van der Waals surface area contributed by atoms with Crippen LogP contribution in [0.1, 0.15) is 18.2 Å². The summed E-state index contributed by atoms with van der Waals surface area (Å²) in [5.41, 5.74) is 2.82. The molecule has 3 aromatic rings. The predicted octanol–water partition coefficient (Wildman–Crippen LogP) is 1.77. The molecule has 0 bridgehead atoms. The van der Waals surface area contributed by atoms with Crippen LogP contribution in [0.15, 0.2) is 30.7 Å². The summed E-state index contributed by atoms with van der Waals surface area (Å²) in [5.74, 6) is 0.623. The molecule has 19 heavy (non-hydrogen) atoms. The van der Waals surface area contributed by atoms with Gasteiger partial charge < -0.3 is 5.32 Å². The van der Waals surface area contributed by atoms with Gasteiger partial charge in [0, 0.05) is 25.4 Å². The highest BCUT2D eigenvalue weighted by atomic mass is 15.2. The zero-order valence-electron chi connectivity index (χ0n) is 10.6. The summed E-state index contributed by atoms with van der Waals surface area (Å²) < 4.78 is 0. The highest BCUT2D eigenvalue weighted by Crippen LogP contribution is 2.18. The number of H-pyrrole nitrogens is 1. The highest BCUT2D eigenvalue weighted by Gasteiger charge is 2.09.